The van der Waals surface area contributed by atoms with Gasteiger partial charge in [-0.25, -0.2) is 9.38 Å². The van der Waals surface area contributed by atoms with E-state index in [1.165, 1.54) is 12.1 Å². The van der Waals surface area contributed by atoms with Gasteiger partial charge in [0.1, 0.15) is 29.8 Å². The van der Waals surface area contributed by atoms with Gasteiger partial charge in [0, 0.05) is 39.8 Å². The first-order valence-electron chi connectivity index (χ1n) is 10.9. The minimum Gasteiger partial charge on any atom is -0.491 e. The number of benzene rings is 1. The molecule has 1 aromatic rings. The van der Waals surface area contributed by atoms with Crippen LogP contribution in [-0.2, 0) is 4.79 Å². The second-order valence-electron chi connectivity index (χ2n) is 8.49. The van der Waals surface area contributed by atoms with Gasteiger partial charge in [0.2, 0.25) is 5.96 Å². The van der Waals surface area contributed by atoms with E-state index in [2.05, 4.69) is 22.1 Å². The van der Waals surface area contributed by atoms with Crippen LogP contribution < -0.4 is 10.1 Å². The lowest BCUT2D eigenvalue weighted by atomic mass is 9.88. The monoisotopic (exact) mass is 432 g/mol. The van der Waals surface area contributed by atoms with Crippen molar-refractivity contribution in [3.05, 3.63) is 35.7 Å². The molecular formula is C23H33FN4O3. The Kier molecular flexibility index (Phi) is 7.67. The van der Waals surface area contributed by atoms with Crippen molar-refractivity contribution in [1.29, 1.82) is 0 Å². The second-order valence-corrected chi connectivity index (χ2v) is 8.49. The summed E-state index contributed by atoms with van der Waals surface area (Å²) in [5.41, 5.74) is 0.0487. The Morgan fingerprint density at radius 1 is 1.35 bits per heavy atom. The number of β-amino-alcohol motifs (C(OH)–C–C–N with tert-alkyl or cyclic N) is 1. The largest absolute Gasteiger partial charge is 0.491 e. The number of nitrogens with zero attached hydrogens (tertiary/aromatic N) is 3. The average molecular weight is 433 g/mol. The highest BCUT2D eigenvalue weighted by molar-refractivity contribution is 6.07. The molecule has 0 saturated carbocycles. The molecule has 2 aliphatic heterocycles. The molecule has 170 valence electrons. The first-order chi connectivity index (χ1) is 14.8. The third-order valence-corrected chi connectivity index (χ3v) is 5.65. The normalized spacial score (nSPS) is 19.5. The van der Waals surface area contributed by atoms with Crippen molar-refractivity contribution in [1.82, 2.24) is 15.1 Å². The standard InChI is InChI=1S/C23H33FN4O3/c1-4-5-6-7-17-12-18(24)14-20(13-17)31-16-19(29)15-28-10-8-23(9-11-28)21(30)25-22(26-23)27(2)3/h6-7,12-14,19,29H,4-5,8-11,15-16H2,1-3H3,(H,25,26,30)/b7-6+. The lowest BCUT2D eigenvalue weighted by molar-refractivity contribution is -0.125. The summed E-state index contributed by atoms with van der Waals surface area (Å²) in [7, 11) is 3.71. The summed E-state index contributed by atoms with van der Waals surface area (Å²) in [6, 6.07) is 4.56. The Labute approximate surface area is 183 Å². The van der Waals surface area contributed by atoms with E-state index < -0.39 is 11.6 Å². The number of unbranched alkanes of at least 4 members (excludes halogenated alkanes) is 1. The number of hydrogen-bond donors (Lipinski definition) is 2. The summed E-state index contributed by atoms with van der Waals surface area (Å²) in [6.45, 7) is 3.93. The summed E-state index contributed by atoms with van der Waals surface area (Å²) in [6.07, 6.45) is 6.37. The van der Waals surface area contributed by atoms with Gasteiger partial charge >= 0.3 is 0 Å². The van der Waals surface area contributed by atoms with Crippen LogP contribution in [0.2, 0.25) is 0 Å². The van der Waals surface area contributed by atoms with E-state index in [-0.39, 0.29) is 18.3 Å². The summed E-state index contributed by atoms with van der Waals surface area (Å²) in [4.78, 5) is 21.0. The molecule has 1 amide bonds. The minimum absolute atomic E-state index is 0.0466. The molecule has 0 radical (unpaired) electrons. The number of halogens is 1. The maximum Gasteiger partial charge on any atom is 0.254 e. The van der Waals surface area contributed by atoms with Gasteiger partial charge in [-0.3, -0.25) is 10.1 Å². The fourth-order valence-corrected chi connectivity index (χ4v) is 3.85. The van der Waals surface area contributed by atoms with Crippen LogP contribution in [0.3, 0.4) is 0 Å². The number of aliphatic imine (C=N–C) groups is 1. The molecule has 3 rings (SSSR count). The van der Waals surface area contributed by atoms with E-state index in [4.69, 9.17) is 4.74 Å². The Balaban J connectivity index is 1.48. The maximum absolute atomic E-state index is 13.9. The van der Waals surface area contributed by atoms with Crippen LogP contribution in [0, 0.1) is 5.82 Å². The van der Waals surface area contributed by atoms with Crippen molar-refractivity contribution in [3.8, 4) is 5.75 Å². The van der Waals surface area contributed by atoms with Gasteiger partial charge in [0.15, 0.2) is 0 Å². The number of carbonyl (C=O) groups excluding carboxylic acids is 1. The number of ether oxygens (including phenoxy) is 1. The highest BCUT2D eigenvalue weighted by atomic mass is 19.1. The number of piperidine rings is 1. The fraction of sp³-hybridized carbons (Fsp3) is 0.565. The average Bonchev–Trinajstić information content (AvgIpc) is 3.04. The Bertz CT molecular complexity index is 832. The third kappa shape index (κ3) is 6.04. The molecule has 7 nitrogen and oxygen atoms in total. The second kappa shape index (κ2) is 10.2. The topological polar surface area (TPSA) is 77.4 Å². The molecule has 8 heteroatoms. The fourth-order valence-electron chi connectivity index (χ4n) is 3.85. The van der Waals surface area contributed by atoms with Crippen molar-refractivity contribution in [2.75, 3.05) is 40.3 Å². The van der Waals surface area contributed by atoms with Crippen LogP contribution in [0.1, 0.15) is 38.2 Å². The highest BCUT2D eigenvalue weighted by Gasteiger charge is 2.46. The molecule has 2 aliphatic rings. The first kappa shape index (κ1) is 23.2. The van der Waals surface area contributed by atoms with Crippen molar-refractivity contribution < 1.29 is 19.0 Å². The van der Waals surface area contributed by atoms with Gasteiger partial charge in [0.25, 0.3) is 5.91 Å². The molecule has 0 aliphatic carbocycles. The quantitative estimate of drug-likeness (QED) is 0.659. The van der Waals surface area contributed by atoms with Crippen molar-refractivity contribution in [2.45, 2.75) is 44.2 Å². The van der Waals surface area contributed by atoms with Crippen LogP contribution in [0.5, 0.6) is 5.75 Å². The molecule has 2 heterocycles. The van der Waals surface area contributed by atoms with Crippen LogP contribution in [-0.4, -0.2) is 78.8 Å². The zero-order valence-corrected chi connectivity index (χ0v) is 18.6. The summed E-state index contributed by atoms with van der Waals surface area (Å²) >= 11 is 0. The number of rotatable bonds is 8. The Hall–Kier alpha value is -2.45. The van der Waals surface area contributed by atoms with E-state index in [0.29, 0.717) is 44.2 Å². The zero-order chi connectivity index (χ0) is 22.4. The van der Waals surface area contributed by atoms with E-state index in [1.807, 2.05) is 26.2 Å². The van der Waals surface area contributed by atoms with Gasteiger partial charge in [0.05, 0.1) is 0 Å². The van der Waals surface area contributed by atoms with E-state index >= 15 is 0 Å². The number of aliphatic hydroxyl groups is 1. The molecule has 1 unspecified atom stereocenters. The molecule has 1 atom stereocenters. The first-order valence-corrected chi connectivity index (χ1v) is 10.9. The SMILES string of the molecule is CCC/C=C/c1cc(F)cc(OCC(O)CN2CCC3(CC2)N=C(N(C)C)NC3=O)c1. The van der Waals surface area contributed by atoms with Gasteiger partial charge in [-0.2, -0.15) is 0 Å². The lowest BCUT2D eigenvalue weighted by Crippen LogP contribution is -2.51. The van der Waals surface area contributed by atoms with Crippen molar-refractivity contribution >= 4 is 17.9 Å². The van der Waals surface area contributed by atoms with Gasteiger partial charge in [-0.05, 0) is 37.0 Å². The van der Waals surface area contributed by atoms with Crippen LogP contribution in [0.25, 0.3) is 6.08 Å². The predicted molar refractivity (Wildman–Crippen MR) is 120 cm³/mol. The van der Waals surface area contributed by atoms with Crippen molar-refractivity contribution in [2.24, 2.45) is 4.99 Å². The smallest absolute Gasteiger partial charge is 0.254 e. The van der Waals surface area contributed by atoms with Crippen LogP contribution in [0.15, 0.2) is 29.3 Å². The van der Waals surface area contributed by atoms with E-state index in [9.17, 15) is 14.3 Å². The van der Waals surface area contributed by atoms with E-state index in [0.717, 1.165) is 18.4 Å². The maximum atomic E-state index is 13.9. The molecule has 1 saturated heterocycles. The molecular weight excluding hydrogens is 399 g/mol. The zero-order valence-electron chi connectivity index (χ0n) is 18.6. The minimum atomic E-state index is -0.713. The molecule has 2 N–H and O–H groups in total. The summed E-state index contributed by atoms with van der Waals surface area (Å²) < 4.78 is 19.5. The number of hydrogen-bond acceptors (Lipinski definition) is 6. The number of amides is 1. The van der Waals surface area contributed by atoms with Gasteiger partial charge in [-0.1, -0.05) is 25.5 Å². The number of guanidine groups is 1. The summed E-state index contributed by atoms with van der Waals surface area (Å²) in [5, 5.41) is 13.3. The molecule has 1 fully saturated rings. The predicted octanol–water partition coefficient (Wildman–Crippen LogP) is 2.26. The van der Waals surface area contributed by atoms with Gasteiger partial charge < -0.3 is 19.6 Å². The Morgan fingerprint density at radius 2 is 2.10 bits per heavy atom. The number of allylic oxidation sites excluding steroid dienone is 1. The third-order valence-electron chi connectivity index (χ3n) is 5.65. The number of aliphatic hydroxyl groups excluding tert-OH is 1. The molecule has 0 bridgehead atoms. The molecule has 31 heavy (non-hydrogen) atoms. The summed E-state index contributed by atoms with van der Waals surface area (Å²) in [5.74, 6) is 0.596. The molecule has 1 aromatic carbocycles. The lowest BCUT2D eigenvalue weighted by Gasteiger charge is -2.36. The van der Waals surface area contributed by atoms with Crippen LogP contribution >= 0.6 is 0 Å². The highest BCUT2D eigenvalue weighted by Crippen LogP contribution is 2.30. The van der Waals surface area contributed by atoms with Gasteiger partial charge in [-0.15, -0.1) is 0 Å². The number of carbonyl (C=O) groups is 1. The molecule has 1 spiro atoms. The van der Waals surface area contributed by atoms with E-state index in [1.54, 1.807) is 11.0 Å². The molecule has 0 aromatic heterocycles. The number of likely N-dealkylation sites (tertiary alicyclic amines) is 1. The van der Waals surface area contributed by atoms with Crippen molar-refractivity contribution in [3.63, 3.8) is 0 Å². The Morgan fingerprint density at radius 3 is 2.74 bits per heavy atom. The van der Waals surface area contributed by atoms with Crippen LogP contribution in [0.4, 0.5) is 4.39 Å². The number of nitrogens with one attached hydrogen (secondary N) is 1.